The number of thiophene rings is 1. The minimum absolute atomic E-state index is 0.0328. The first-order valence-electron chi connectivity index (χ1n) is 7.11. The van der Waals surface area contributed by atoms with Crippen LogP contribution in [-0.2, 0) is 6.54 Å². The minimum Gasteiger partial charge on any atom is -0.351 e. The van der Waals surface area contributed by atoms with Gasteiger partial charge in [-0.25, -0.2) is 0 Å². The van der Waals surface area contributed by atoms with E-state index >= 15 is 0 Å². The lowest BCUT2D eigenvalue weighted by atomic mass is 10.2. The number of para-hydroxylation sites is 1. The van der Waals surface area contributed by atoms with Crippen molar-refractivity contribution in [2.75, 3.05) is 6.54 Å². The first-order chi connectivity index (χ1) is 10.2. The minimum atomic E-state index is 0.0328. The van der Waals surface area contributed by atoms with Crippen LogP contribution in [0.3, 0.4) is 0 Å². The molecule has 2 heterocycles. The van der Waals surface area contributed by atoms with E-state index in [-0.39, 0.29) is 5.91 Å². The molecule has 0 spiro atoms. The van der Waals surface area contributed by atoms with Gasteiger partial charge in [-0.2, -0.15) is 0 Å². The van der Waals surface area contributed by atoms with Crippen molar-refractivity contribution < 1.29 is 4.79 Å². The highest BCUT2D eigenvalue weighted by Crippen LogP contribution is 2.15. The molecule has 1 N–H and O–H groups in total. The van der Waals surface area contributed by atoms with Gasteiger partial charge < -0.3 is 9.88 Å². The van der Waals surface area contributed by atoms with Gasteiger partial charge in [-0.1, -0.05) is 18.2 Å². The number of hydrogen-bond donors (Lipinski definition) is 1. The van der Waals surface area contributed by atoms with Crippen molar-refractivity contribution in [1.29, 1.82) is 0 Å². The van der Waals surface area contributed by atoms with Crippen LogP contribution in [0.4, 0.5) is 0 Å². The Bertz CT molecular complexity index is 757. The summed E-state index contributed by atoms with van der Waals surface area (Å²) in [6.45, 7) is 3.62. The first-order valence-corrected chi connectivity index (χ1v) is 7.99. The van der Waals surface area contributed by atoms with Gasteiger partial charge in [-0.05, 0) is 47.9 Å². The number of rotatable bonds is 5. The Hall–Kier alpha value is -2.07. The van der Waals surface area contributed by atoms with E-state index in [1.54, 1.807) is 0 Å². The average Bonchev–Trinajstić information content (AvgIpc) is 3.10. The maximum absolute atomic E-state index is 11.9. The smallest absolute Gasteiger partial charge is 0.261 e. The topological polar surface area (TPSA) is 34.0 Å². The molecule has 108 valence electrons. The lowest BCUT2D eigenvalue weighted by Crippen LogP contribution is -2.24. The third-order valence-corrected chi connectivity index (χ3v) is 4.54. The standard InChI is InChI=1S/C17H18N2OS/c1-13-11-16(21-12-13)17(20)18-8-4-9-19-10-7-14-5-2-3-6-15(14)19/h2-3,5-7,10-12H,4,8-9H2,1H3,(H,18,20). The SMILES string of the molecule is Cc1csc(C(=O)NCCCn2ccc3ccccc32)c1. The van der Waals surface area contributed by atoms with Crippen molar-refractivity contribution in [3.63, 3.8) is 0 Å². The Balaban J connectivity index is 1.51. The fourth-order valence-electron chi connectivity index (χ4n) is 2.42. The molecular formula is C17H18N2OS. The molecule has 3 nitrogen and oxygen atoms in total. The van der Waals surface area contributed by atoms with Crippen LogP contribution in [0.1, 0.15) is 21.7 Å². The van der Waals surface area contributed by atoms with Crippen molar-refractivity contribution in [2.24, 2.45) is 0 Å². The molecule has 0 saturated carbocycles. The van der Waals surface area contributed by atoms with Crippen LogP contribution in [0.2, 0.25) is 0 Å². The Labute approximate surface area is 128 Å². The molecule has 0 radical (unpaired) electrons. The summed E-state index contributed by atoms with van der Waals surface area (Å²) in [5.41, 5.74) is 2.39. The molecular weight excluding hydrogens is 280 g/mol. The largest absolute Gasteiger partial charge is 0.351 e. The van der Waals surface area contributed by atoms with Gasteiger partial charge in [0.15, 0.2) is 0 Å². The molecule has 1 amide bonds. The molecule has 0 unspecified atom stereocenters. The zero-order valence-corrected chi connectivity index (χ0v) is 12.8. The van der Waals surface area contributed by atoms with Crippen molar-refractivity contribution in [3.05, 3.63) is 58.4 Å². The second-order valence-electron chi connectivity index (χ2n) is 5.17. The summed E-state index contributed by atoms with van der Waals surface area (Å²) in [4.78, 5) is 12.7. The molecule has 0 aliphatic heterocycles. The lowest BCUT2D eigenvalue weighted by molar-refractivity contribution is 0.0957. The fraction of sp³-hybridized carbons (Fsp3) is 0.235. The van der Waals surface area contributed by atoms with Gasteiger partial charge in [-0.3, -0.25) is 4.79 Å². The zero-order valence-electron chi connectivity index (χ0n) is 12.0. The van der Waals surface area contributed by atoms with E-state index in [1.165, 1.54) is 22.2 Å². The maximum atomic E-state index is 11.9. The van der Waals surface area contributed by atoms with E-state index in [1.807, 2.05) is 18.4 Å². The first kappa shape index (κ1) is 13.9. The molecule has 0 saturated heterocycles. The normalized spacial score (nSPS) is 10.9. The second-order valence-corrected chi connectivity index (χ2v) is 6.08. The van der Waals surface area contributed by atoms with Gasteiger partial charge in [-0.15, -0.1) is 11.3 Å². The number of carbonyl (C=O) groups is 1. The summed E-state index contributed by atoms with van der Waals surface area (Å²) < 4.78 is 2.23. The molecule has 0 fully saturated rings. The molecule has 1 aromatic carbocycles. The van der Waals surface area contributed by atoms with Crippen LogP contribution in [-0.4, -0.2) is 17.0 Å². The highest BCUT2D eigenvalue weighted by molar-refractivity contribution is 7.12. The van der Waals surface area contributed by atoms with Gasteiger partial charge in [0.2, 0.25) is 0 Å². The van der Waals surface area contributed by atoms with Gasteiger partial charge >= 0.3 is 0 Å². The Morgan fingerprint density at radius 3 is 2.95 bits per heavy atom. The summed E-state index contributed by atoms with van der Waals surface area (Å²) in [6.07, 6.45) is 3.03. The molecule has 4 heteroatoms. The quantitative estimate of drug-likeness (QED) is 0.714. The number of hydrogen-bond acceptors (Lipinski definition) is 2. The third kappa shape index (κ3) is 3.16. The van der Waals surface area contributed by atoms with E-state index in [2.05, 4.69) is 46.4 Å². The van der Waals surface area contributed by atoms with Crippen LogP contribution in [0.5, 0.6) is 0 Å². The van der Waals surface area contributed by atoms with Crippen LogP contribution >= 0.6 is 11.3 Å². The Kier molecular flexibility index (Phi) is 4.06. The highest BCUT2D eigenvalue weighted by Gasteiger charge is 2.07. The van der Waals surface area contributed by atoms with Gasteiger partial charge in [0.05, 0.1) is 4.88 Å². The monoisotopic (exact) mass is 298 g/mol. The van der Waals surface area contributed by atoms with Crippen LogP contribution < -0.4 is 5.32 Å². The Morgan fingerprint density at radius 1 is 1.29 bits per heavy atom. The number of nitrogens with zero attached hydrogens (tertiary/aromatic N) is 1. The number of aromatic nitrogens is 1. The zero-order chi connectivity index (χ0) is 14.7. The molecule has 0 atom stereocenters. The van der Waals surface area contributed by atoms with Crippen LogP contribution in [0.25, 0.3) is 10.9 Å². The fourth-order valence-corrected chi connectivity index (χ4v) is 3.24. The van der Waals surface area contributed by atoms with Crippen LogP contribution in [0, 0.1) is 6.92 Å². The van der Waals surface area contributed by atoms with Crippen molar-refractivity contribution in [3.8, 4) is 0 Å². The number of amides is 1. The number of benzene rings is 1. The number of aryl methyl sites for hydroxylation is 2. The highest BCUT2D eigenvalue weighted by atomic mass is 32.1. The van der Waals surface area contributed by atoms with E-state index in [0.29, 0.717) is 6.54 Å². The summed E-state index contributed by atoms with van der Waals surface area (Å²) in [7, 11) is 0. The summed E-state index contributed by atoms with van der Waals surface area (Å²) in [5, 5.41) is 6.24. The molecule has 2 aromatic heterocycles. The second kappa shape index (κ2) is 6.14. The van der Waals surface area contributed by atoms with Crippen molar-refractivity contribution >= 4 is 28.1 Å². The Morgan fingerprint density at radius 2 is 2.14 bits per heavy atom. The van der Waals surface area contributed by atoms with Crippen LogP contribution in [0.15, 0.2) is 48.0 Å². The number of carbonyl (C=O) groups excluding carboxylic acids is 1. The van der Waals surface area contributed by atoms with E-state index in [4.69, 9.17) is 0 Å². The average molecular weight is 298 g/mol. The predicted octanol–water partition coefficient (Wildman–Crippen LogP) is 3.83. The molecule has 21 heavy (non-hydrogen) atoms. The summed E-state index contributed by atoms with van der Waals surface area (Å²) in [5.74, 6) is 0.0328. The predicted molar refractivity (Wildman–Crippen MR) is 87.9 cm³/mol. The number of nitrogens with one attached hydrogen (secondary N) is 1. The molecule has 0 bridgehead atoms. The van der Waals surface area contributed by atoms with E-state index < -0.39 is 0 Å². The molecule has 3 aromatic rings. The van der Waals surface area contributed by atoms with Gasteiger partial charge in [0, 0.05) is 24.8 Å². The summed E-state index contributed by atoms with van der Waals surface area (Å²) >= 11 is 1.50. The van der Waals surface area contributed by atoms with Gasteiger partial charge in [0.1, 0.15) is 0 Å². The van der Waals surface area contributed by atoms with Gasteiger partial charge in [0.25, 0.3) is 5.91 Å². The van der Waals surface area contributed by atoms with E-state index in [9.17, 15) is 4.79 Å². The molecule has 0 aliphatic carbocycles. The van der Waals surface area contributed by atoms with Crippen molar-refractivity contribution in [2.45, 2.75) is 19.9 Å². The van der Waals surface area contributed by atoms with Crippen molar-refractivity contribution in [1.82, 2.24) is 9.88 Å². The van der Waals surface area contributed by atoms with E-state index in [0.717, 1.165) is 23.4 Å². The molecule has 3 rings (SSSR count). The number of fused-ring (bicyclic) bond motifs is 1. The maximum Gasteiger partial charge on any atom is 0.261 e. The lowest BCUT2D eigenvalue weighted by Gasteiger charge is -2.06. The third-order valence-electron chi connectivity index (χ3n) is 3.50. The molecule has 0 aliphatic rings. The summed E-state index contributed by atoms with van der Waals surface area (Å²) in [6, 6.07) is 12.4.